The second-order valence-corrected chi connectivity index (χ2v) is 4.78. The predicted octanol–water partition coefficient (Wildman–Crippen LogP) is 2.75. The number of thiazole rings is 1. The first-order valence-corrected chi connectivity index (χ1v) is 6.39. The van der Waals surface area contributed by atoms with E-state index in [9.17, 15) is 14.5 Å². The summed E-state index contributed by atoms with van der Waals surface area (Å²) in [6.07, 6.45) is 1.27. The smallest absolute Gasteiger partial charge is 0.259 e. The average molecular weight is 290 g/mol. The van der Waals surface area contributed by atoms with Crippen LogP contribution in [0.15, 0.2) is 35.6 Å². The van der Waals surface area contributed by atoms with Gasteiger partial charge < -0.3 is 5.32 Å². The molecule has 7 nitrogen and oxygen atoms in total. The van der Waals surface area contributed by atoms with E-state index in [0.29, 0.717) is 11.3 Å². The number of rotatable bonds is 4. The lowest BCUT2D eigenvalue weighted by molar-refractivity contribution is -0.114. The van der Waals surface area contributed by atoms with Crippen molar-refractivity contribution in [2.75, 3.05) is 10.6 Å². The number of hydrogen-bond acceptors (Lipinski definition) is 6. The average Bonchev–Trinajstić information content (AvgIpc) is 2.86. The second kappa shape index (κ2) is 6.02. The monoisotopic (exact) mass is 290 g/mol. The van der Waals surface area contributed by atoms with E-state index >= 15 is 0 Å². The van der Waals surface area contributed by atoms with Crippen LogP contribution in [0.4, 0.5) is 15.8 Å². The zero-order chi connectivity index (χ0) is 14.5. The molecule has 0 saturated carbocycles. The standard InChI is InChI=1S/C12H10N4O3S/c1-7(17)14-9-5-3-2-4-8(9)11(18)15-12-13-6-10(16-19)20-12/h2-6H,1H3,(H,14,17)(H,13,15,18). The molecule has 8 heteroatoms. The number of para-hydroxylation sites is 1. The number of carbonyl (C=O) groups excluding carboxylic acids is 2. The number of anilines is 2. The third kappa shape index (κ3) is 3.23. The Hall–Kier alpha value is -2.61. The molecule has 0 aliphatic heterocycles. The number of aromatic nitrogens is 1. The van der Waals surface area contributed by atoms with Gasteiger partial charge >= 0.3 is 0 Å². The molecule has 0 fully saturated rings. The maximum atomic E-state index is 12.1. The normalized spacial score (nSPS) is 9.85. The van der Waals surface area contributed by atoms with Crippen molar-refractivity contribution in [3.63, 3.8) is 0 Å². The molecule has 2 amide bonds. The summed E-state index contributed by atoms with van der Waals surface area (Å²) in [7, 11) is 0. The van der Waals surface area contributed by atoms with Crippen LogP contribution >= 0.6 is 11.3 Å². The molecule has 0 saturated heterocycles. The lowest BCUT2D eigenvalue weighted by Gasteiger charge is -2.08. The largest absolute Gasteiger partial charge is 0.326 e. The minimum absolute atomic E-state index is 0.176. The zero-order valence-corrected chi connectivity index (χ0v) is 11.2. The number of amides is 2. The van der Waals surface area contributed by atoms with Crippen molar-refractivity contribution in [2.45, 2.75) is 6.92 Å². The Kier molecular flexibility index (Phi) is 4.16. The van der Waals surface area contributed by atoms with Crippen LogP contribution in [0.2, 0.25) is 0 Å². The van der Waals surface area contributed by atoms with Crippen LogP contribution in [0.1, 0.15) is 17.3 Å². The van der Waals surface area contributed by atoms with Crippen LogP contribution in [0, 0.1) is 4.91 Å². The van der Waals surface area contributed by atoms with E-state index in [1.54, 1.807) is 24.3 Å². The molecular formula is C12H10N4O3S. The Balaban J connectivity index is 2.20. The first-order valence-electron chi connectivity index (χ1n) is 5.57. The molecule has 0 radical (unpaired) electrons. The van der Waals surface area contributed by atoms with Gasteiger partial charge in [0.25, 0.3) is 5.91 Å². The molecule has 0 spiro atoms. The van der Waals surface area contributed by atoms with E-state index in [4.69, 9.17) is 0 Å². The first kappa shape index (κ1) is 13.8. The maximum Gasteiger partial charge on any atom is 0.259 e. The van der Waals surface area contributed by atoms with E-state index in [1.807, 2.05) is 0 Å². The Morgan fingerprint density at radius 2 is 2.00 bits per heavy atom. The molecule has 0 atom stereocenters. The summed E-state index contributed by atoms with van der Waals surface area (Å²) in [4.78, 5) is 37.4. The summed E-state index contributed by atoms with van der Waals surface area (Å²) in [6.45, 7) is 1.36. The highest BCUT2D eigenvalue weighted by atomic mass is 32.1. The number of nitrogens with zero attached hydrogens (tertiary/aromatic N) is 2. The van der Waals surface area contributed by atoms with Crippen molar-refractivity contribution in [2.24, 2.45) is 5.18 Å². The molecule has 20 heavy (non-hydrogen) atoms. The molecule has 0 unspecified atom stereocenters. The summed E-state index contributed by atoms with van der Waals surface area (Å²) < 4.78 is 0. The number of nitroso groups, excluding NO2 is 1. The quantitative estimate of drug-likeness (QED) is 0.845. The van der Waals surface area contributed by atoms with Crippen molar-refractivity contribution >= 4 is 39.0 Å². The molecule has 0 aliphatic carbocycles. The molecule has 102 valence electrons. The minimum Gasteiger partial charge on any atom is -0.326 e. The van der Waals surface area contributed by atoms with Crippen molar-refractivity contribution in [1.29, 1.82) is 0 Å². The van der Waals surface area contributed by atoms with Crippen molar-refractivity contribution in [3.05, 3.63) is 40.9 Å². The van der Waals surface area contributed by atoms with E-state index in [-0.39, 0.29) is 16.0 Å². The fraction of sp³-hybridized carbons (Fsp3) is 0.0833. The van der Waals surface area contributed by atoms with Gasteiger partial charge in [0, 0.05) is 6.92 Å². The van der Waals surface area contributed by atoms with E-state index in [2.05, 4.69) is 20.8 Å². The Morgan fingerprint density at radius 3 is 2.65 bits per heavy atom. The van der Waals surface area contributed by atoms with Crippen molar-refractivity contribution in [1.82, 2.24) is 4.98 Å². The minimum atomic E-state index is -0.429. The lowest BCUT2D eigenvalue weighted by atomic mass is 10.1. The Labute approximate surface area is 118 Å². The van der Waals surface area contributed by atoms with Crippen LogP contribution in [-0.4, -0.2) is 16.8 Å². The molecule has 2 aromatic rings. The van der Waals surface area contributed by atoms with Crippen molar-refractivity contribution < 1.29 is 9.59 Å². The first-order chi connectivity index (χ1) is 9.60. The van der Waals surface area contributed by atoms with E-state index < -0.39 is 5.91 Å². The number of hydrogen-bond donors (Lipinski definition) is 2. The molecule has 0 aliphatic rings. The van der Waals surface area contributed by atoms with Gasteiger partial charge in [0.2, 0.25) is 5.91 Å². The van der Waals surface area contributed by atoms with Crippen molar-refractivity contribution in [3.8, 4) is 0 Å². The van der Waals surface area contributed by atoms with Gasteiger partial charge in [0.05, 0.1) is 17.4 Å². The topological polar surface area (TPSA) is 101 Å². The van der Waals surface area contributed by atoms with E-state index in [1.165, 1.54) is 13.1 Å². The van der Waals surface area contributed by atoms with Gasteiger partial charge in [-0.25, -0.2) is 4.98 Å². The van der Waals surface area contributed by atoms with Gasteiger partial charge in [0.15, 0.2) is 10.1 Å². The summed E-state index contributed by atoms with van der Waals surface area (Å²) in [6, 6.07) is 6.59. The van der Waals surface area contributed by atoms with Gasteiger partial charge in [0.1, 0.15) is 0 Å². The van der Waals surface area contributed by atoms with Gasteiger partial charge in [-0.05, 0) is 17.3 Å². The third-order valence-electron chi connectivity index (χ3n) is 2.29. The van der Waals surface area contributed by atoms with Crippen LogP contribution in [0.3, 0.4) is 0 Å². The highest BCUT2D eigenvalue weighted by Gasteiger charge is 2.13. The zero-order valence-electron chi connectivity index (χ0n) is 10.4. The summed E-state index contributed by atoms with van der Waals surface area (Å²) in [5, 5.41) is 8.28. The van der Waals surface area contributed by atoms with Crippen LogP contribution in [-0.2, 0) is 4.79 Å². The van der Waals surface area contributed by atoms with Gasteiger partial charge in [-0.1, -0.05) is 23.5 Å². The predicted molar refractivity (Wildman–Crippen MR) is 76.3 cm³/mol. The highest BCUT2D eigenvalue weighted by Crippen LogP contribution is 2.26. The maximum absolute atomic E-state index is 12.1. The van der Waals surface area contributed by atoms with Crippen LogP contribution < -0.4 is 10.6 Å². The number of carbonyl (C=O) groups is 2. The van der Waals surface area contributed by atoms with E-state index in [0.717, 1.165) is 11.3 Å². The number of benzene rings is 1. The molecule has 1 aromatic carbocycles. The summed E-state index contributed by atoms with van der Waals surface area (Å²) in [5.74, 6) is -0.701. The lowest BCUT2D eigenvalue weighted by Crippen LogP contribution is -2.16. The molecule has 0 bridgehead atoms. The SMILES string of the molecule is CC(=O)Nc1ccccc1C(=O)Nc1ncc(N=O)s1. The summed E-state index contributed by atoms with van der Waals surface area (Å²) in [5.41, 5.74) is 0.710. The molecule has 2 rings (SSSR count). The summed E-state index contributed by atoms with van der Waals surface area (Å²) >= 11 is 0.966. The fourth-order valence-corrected chi connectivity index (χ4v) is 2.10. The van der Waals surface area contributed by atoms with Gasteiger partial charge in [-0.15, -0.1) is 4.91 Å². The molecule has 1 aromatic heterocycles. The fourth-order valence-electron chi connectivity index (χ4n) is 1.51. The van der Waals surface area contributed by atoms with Gasteiger partial charge in [-0.3, -0.25) is 14.9 Å². The Morgan fingerprint density at radius 1 is 1.25 bits per heavy atom. The molecule has 2 N–H and O–H groups in total. The van der Waals surface area contributed by atoms with Crippen LogP contribution in [0.25, 0.3) is 0 Å². The van der Waals surface area contributed by atoms with Gasteiger partial charge in [-0.2, -0.15) is 0 Å². The second-order valence-electron chi connectivity index (χ2n) is 3.78. The Bertz CT molecular complexity index is 668. The number of nitrogens with one attached hydrogen (secondary N) is 2. The molecule has 1 heterocycles. The highest BCUT2D eigenvalue weighted by molar-refractivity contribution is 7.19. The third-order valence-corrected chi connectivity index (χ3v) is 3.08. The molecular weight excluding hydrogens is 280 g/mol. The van der Waals surface area contributed by atoms with Crippen LogP contribution in [0.5, 0.6) is 0 Å².